The highest BCUT2D eigenvalue weighted by Crippen LogP contribution is 2.46. The average molecular weight is 590 g/mol. The Balaban J connectivity index is 1.63. The van der Waals surface area contributed by atoms with E-state index in [2.05, 4.69) is 5.32 Å². The second-order valence-corrected chi connectivity index (χ2v) is 12.2. The number of primary amides is 2. The molecule has 13 heteroatoms. The van der Waals surface area contributed by atoms with E-state index in [0.29, 0.717) is 31.6 Å². The van der Waals surface area contributed by atoms with Crippen molar-refractivity contribution in [1.29, 1.82) is 0 Å². The summed E-state index contributed by atoms with van der Waals surface area (Å²) in [6.45, 7) is 5.93. The molecule has 1 saturated heterocycles. The Morgan fingerprint density at radius 1 is 1.10 bits per heavy atom. The molecule has 2 atom stereocenters. The van der Waals surface area contributed by atoms with Gasteiger partial charge < -0.3 is 31.0 Å². The van der Waals surface area contributed by atoms with E-state index in [9.17, 15) is 32.3 Å². The number of ketones is 1. The highest BCUT2D eigenvalue weighted by Gasteiger charge is 2.49. The Labute approximate surface area is 240 Å². The quantitative estimate of drug-likeness (QED) is 0.432. The molecule has 1 saturated carbocycles. The zero-order valence-electron chi connectivity index (χ0n) is 23.6. The molecule has 226 valence electrons. The van der Waals surface area contributed by atoms with Crippen molar-refractivity contribution >= 4 is 29.4 Å². The first-order valence-corrected chi connectivity index (χ1v) is 13.9. The molecule has 3 aliphatic rings. The van der Waals surface area contributed by atoms with Gasteiger partial charge in [-0.05, 0) is 61.6 Å². The van der Waals surface area contributed by atoms with Crippen molar-refractivity contribution < 1.29 is 37.1 Å². The fraction of sp³-hybridized carbons (Fsp3) is 0.517. The van der Waals surface area contributed by atoms with Crippen LogP contribution in [0.5, 0.6) is 0 Å². The van der Waals surface area contributed by atoms with Gasteiger partial charge in [0.15, 0.2) is 5.78 Å². The number of carbonyl (C=O) groups is 4. The van der Waals surface area contributed by atoms with Crippen LogP contribution in [0.15, 0.2) is 18.2 Å². The first kappa shape index (κ1) is 29.5. The summed E-state index contributed by atoms with van der Waals surface area (Å²) in [4.78, 5) is 51.9. The number of nitrogens with two attached hydrogens (primary N) is 2. The number of likely N-dealkylation sites (tertiary alicyclic amines) is 1. The summed E-state index contributed by atoms with van der Waals surface area (Å²) in [6, 6.07) is 3.73. The van der Waals surface area contributed by atoms with Crippen LogP contribution < -0.4 is 16.8 Å². The molecular weight excluding hydrogens is 555 g/mol. The van der Waals surface area contributed by atoms with Gasteiger partial charge in [-0.15, -0.1) is 0 Å². The van der Waals surface area contributed by atoms with Crippen molar-refractivity contribution in [3.05, 3.63) is 46.3 Å². The number of hydrogen-bond donors (Lipinski definition) is 3. The lowest BCUT2D eigenvalue weighted by molar-refractivity contribution is -0.138. The van der Waals surface area contributed by atoms with Gasteiger partial charge in [0.05, 0.1) is 23.3 Å². The number of benzene rings is 1. The molecule has 1 aliphatic heterocycles. The Morgan fingerprint density at radius 2 is 1.74 bits per heavy atom. The number of fused-ring (bicyclic) bond motifs is 2. The predicted octanol–water partition coefficient (Wildman–Crippen LogP) is 4.13. The summed E-state index contributed by atoms with van der Waals surface area (Å²) in [6.07, 6.45) is -3.65. The van der Waals surface area contributed by atoms with Crippen LogP contribution in [0, 0.1) is 17.3 Å². The van der Waals surface area contributed by atoms with E-state index in [1.165, 1.54) is 25.1 Å². The molecule has 2 fully saturated rings. The molecule has 2 aromatic rings. The zero-order valence-corrected chi connectivity index (χ0v) is 23.6. The van der Waals surface area contributed by atoms with Crippen LogP contribution in [0.25, 0.3) is 5.69 Å². The Hall–Kier alpha value is -4.03. The minimum atomic E-state index is -5.01. The van der Waals surface area contributed by atoms with E-state index in [1.807, 2.05) is 0 Å². The highest BCUT2D eigenvalue weighted by atomic mass is 19.4. The van der Waals surface area contributed by atoms with Gasteiger partial charge in [0.2, 0.25) is 0 Å². The zero-order chi connectivity index (χ0) is 30.7. The van der Waals surface area contributed by atoms with Crippen molar-refractivity contribution in [3.8, 4) is 5.69 Å². The van der Waals surface area contributed by atoms with Crippen molar-refractivity contribution in [1.82, 2.24) is 9.47 Å². The largest absolute Gasteiger partial charge is 0.461 e. The van der Waals surface area contributed by atoms with Crippen LogP contribution in [0.2, 0.25) is 0 Å². The molecule has 1 aromatic carbocycles. The maximum absolute atomic E-state index is 14.6. The summed E-state index contributed by atoms with van der Waals surface area (Å²) in [5, 5.41) is 3.34. The number of halogens is 3. The van der Waals surface area contributed by atoms with E-state index in [4.69, 9.17) is 16.2 Å². The van der Waals surface area contributed by atoms with Crippen molar-refractivity contribution in [2.45, 2.75) is 58.7 Å². The van der Waals surface area contributed by atoms with Gasteiger partial charge in [0.1, 0.15) is 5.69 Å². The lowest BCUT2D eigenvalue weighted by Crippen LogP contribution is -2.35. The van der Waals surface area contributed by atoms with E-state index >= 15 is 0 Å². The number of carbonyl (C=O) groups excluding carboxylic acids is 4. The predicted molar refractivity (Wildman–Crippen MR) is 146 cm³/mol. The lowest BCUT2D eigenvalue weighted by Gasteiger charge is -2.30. The monoisotopic (exact) mass is 589 g/mol. The van der Waals surface area contributed by atoms with Crippen LogP contribution in [0.4, 0.5) is 23.7 Å². The molecule has 0 bridgehead atoms. The Kier molecular flexibility index (Phi) is 7.26. The molecule has 42 heavy (non-hydrogen) atoms. The molecule has 1 aromatic heterocycles. The van der Waals surface area contributed by atoms with Crippen LogP contribution in [-0.2, 0) is 17.3 Å². The number of anilines is 1. The summed E-state index contributed by atoms with van der Waals surface area (Å²) >= 11 is 0. The molecule has 5 N–H and O–H groups in total. The smallest absolute Gasteiger partial charge is 0.419 e. The van der Waals surface area contributed by atoms with Crippen LogP contribution in [0.3, 0.4) is 0 Å². The summed E-state index contributed by atoms with van der Waals surface area (Å²) < 4.78 is 49.9. The first-order valence-electron chi connectivity index (χ1n) is 13.9. The summed E-state index contributed by atoms with van der Waals surface area (Å²) in [5.41, 5.74) is 8.44. The number of esters is 1. The second kappa shape index (κ2) is 10.4. The maximum Gasteiger partial charge on any atom is 0.419 e. The van der Waals surface area contributed by atoms with Crippen molar-refractivity contribution in [2.75, 3.05) is 25.0 Å². The Bertz CT molecular complexity index is 1470. The minimum absolute atomic E-state index is 0.0614. The Morgan fingerprint density at radius 3 is 2.29 bits per heavy atom. The second-order valence-electron chi connectivity index (χ2n) is 12.2. The SMILES string of the molecule is CCOC(=O)c1c(C(F)(F)F)c2c(n1-c1ccc(C(N)=O)c(NC3CC4CN(C(N)=O)CC4C3)c1)CC(C)(C)CC2=O. The third kappa shape index (κ3) is 5.20. The number of Topliss-reactive ketones (excluding diaryl/α,β-unsaturated/α-hetero) is 1. The lowest BCUT2D eigenvalue weighted by atomic mass is 9.75. The van der Waals surface area contributed by atoms with Gasteiger partial charge in [0, 0.05) is 42.6 Å². The van der Waals surface area contributed by atoms with Gasteiger partial charge in [-0.2, -0.15) is 13.2 Å². The third-order valence-corrected chi connectivity index (χ3v) is 8.53. The van der Waals surface area contributed by atoms with E-state index < -0.39 is 52.1 Å². The van der Waals surface area contributed by atoms with Crippen molar-refractivity contribution in [3.63, 3.8) is 0 Å². The number of nitrogens with one attached hydrogen (secondary N) is 1. The van der Waals surface area contributed by atoms with E-state index in [-0.39, 0.29) is 54.3 Å². The summed E-state index contributed by atoms with van der Waals surface area (Å²) in [5.74, 6) is -2.22. The number of urea groups is 1. The topological polar surface area (TPSA) is 150 Å². The molecule has 10 nitrogen and oxygen atoms in total. The van der Waals surface area contributed by atoms with Gasteiger partial charge in [-0.3, -0.25) is 9.59 Å². The standard InChI is InChI=1S/C29H34F3N5O5/c1-4-42-26(40)24-23(29(30,31)32)22-20(10-28(2,3)11-21(22)38)37(24)17-5-6-18(25(33)39)19(9-17)35-16-7-14-12-36(27(34)41)13-15(14)8-16/h5-6,9,14-16,35H,4,7-8,10-13H2,1-3H3,(H2,33,39)(H2,34,41). The van der Waals surface area contributed by atoms with E-state index in [0.717, 1.165) is 4.57 Å². The number of ether oxygens (including phenoxy) is 1. The molecule has 0 radical (unpaired) electrons. The van der Waals surface area contributed by atoms with Crippen LogP contribution in [-0.4, -0.2) is 58.9 Å². The molecule has 5 rings (SSSR count). The molecule has 0 spiro atoms. The third-order valence-electron chi connectivity index (χ3n) is 8.53. The first-order chi connectivity index (χ1) is 19.6. The molecule has 3 amide bonds. The van der Waals surface area contributed by atoms with Crippen LogP contribution in [0.1, 0.15) is 82.5 Å². The fourth-order valence-corrected chi connectivity index (χ4v) is 6.90. The van der Waals surface area contributed by atoms with Crippen LogP contribution >= 0.6 is 0 Å². The number of alkyl halides is 3. The van der Waals surface area contributed by atoms with Gasteiger partial charge in [-0.1, -0.05) is 13.8 Å². The number of rotatable bonds is 6. The molecule has 2 heterocycles. The number of nitrogens with zero attached hydrogens (tertiary/aromatic N) is 2. The fourth-order valence-electron chi connectivity index (χ4n) is 6.90. The molecule has 2 unspecified atom stereocenters. The number of amides is 3. The van der Waals surface area contributed by atoms with Gasteiger partial charge in [0.25, 0.3) is 5.91 Å². The van der Waals surface area contributed by atoms with Crippen molar-refractivity contribution in [2.24, 2.45) is 28.7 Å². The molecular formula is C29H34F3N5O5. The average Bonchev–Trinajstić information content (AvgIpc) is 3.53. The number of hydrogen-bond acceptors (Lipinski definition) is 6. The maximum atomic E-state index is 14.6. The van der Waals surface area contributed by atoms with Gasteiger partial charge >= 0.3 is 18.2 Å². The normalized spacial score (nSPS) is 23.0. The number of aromatic nitrogens is 1. The van der Waals surface area contributed by atoms with E-state index in [1.54, 1.807) is 18.7 Å². The van der Waals surface area contributed by atoms with Gasteiger partial charge in [-0.25, -0.2) is 9.59 Å². The summed E-state index contributed by atoms with van der Waals surface area (Å²) in [7, 11) is 0. The minimum Gasteiger partial charge on any atom is -0.461 e. The highest BCUT2D eigenvalue weighted by molar-refractivity contribution is 6.05. The molecule has 2 aliphatic carbocycles.